The van der Waals surface area contributed by atoms with E-state index < -0.39 is 0 Å². The fraction of sp³-hybridized carbons (Fsp3) is 0.643. The third kappa shape index (κ3) is 1.90. The van der Waals surface area contributed by atoms with E-state index >= 15 is 0 Å². The molecular weight excluding hydrogens is 256 g/mol. The van der Waals surface area contributed by atoms with Gasteiger partial charge in [-0.3, -0.25) is 19.5 Å². The van der Waals surface area contributed by atoms with Crippen LogP contribution < -0.4 is 11.1 Å². The summed E-state index contributed by atoms with van der Waals surface area (Å²) in [5, 5.41) is 2.93. The van der Waals surface area contributed by atoms with Crippen molar-refractivity contribution in [2.75, 3.05) is 20.1 Å². The van der Waals surface area contributed by atoms with Crippen molar-refractivity contribution in [1.29, 1.82) is 0 Å². The summed E-state index contributed by atoms with van der Waals surface area (Å²) in [4.78, 5) is 30.0. The number of likely N-dealkylation sites (tertiary alicyclic amines) is 1. The van der Waals surface area contributed by atoms with Crippen LogP contribution in [0.25, 0.3) is 0 Å². The molecule has 3 N–H and O–H groups in total. The Morgan fingerprint density at radius 3 is 2.50 bits per heavy atom. The lowest BCUT2D eigenvalue weighted by molar-refractivity contribution is -0.140. The van der Waals surface area contributed by atoms with Gasteiger partial charge in [-0.25, -0.2) is 0 Å². The third-order valence-corrected chi connectivity index (χ3v) is 4.67. The maximum Gasteiger partial charge on any atom is 0.233 e. The summed E-state index contributed by atoms with van der Waals surface area (Å²) >= 11 is 0. The van der Waals surface area contributed by atoms with E-state index in [4.69, 9.17) is 5.73 Å². The molecule has 1 saturated carbocycles. The van der Waals surface area contributed by atoms with Gasteiger partial charge in [0.05, 0.1) is 11.8 Å². The molecule has 0 aromatic rings. The summed E-state index contributed by atoms with van der Waals surface area (Å²) in [7, 11) is 1.61. The summed E-state index contributed by atoms with van der Waals surface area (Å²) in [5.41, 5.74) is 5.52. The number of hydrogen-bond acceptors (Lipinski definition) is 3. The number of nitrogens with one attached hydrogen (secondary N) is 1. The number of imide groups is 1. The van der Waals surface area contributed by atoms with Crippen molar-refractivity contribution in [3.05, 3.63) is 12.2 Å². The van der Waals surface area contributed by atoms with Gasteiger partial charge in [-0.15, -0.1) is 0 Å². The number of hydrogen-bond donors (Lipinski definition) is 2. The maximum absolute atomic E-state index is 12.4. The molecule has 2 amide bonds. The SMILES string of the molecule is CN=C(N)NCCCN1C(=O)C2C3C=CC(C3)C2C1=O. The fourth-order valence-corrected chi connectivity index (χ4v) is 3.72. The first-order valence-electron chi connectivity index (χ1n) is 7.13. The average molecular weight is 276 g/mol. The molecule has 1 aliphatic heterocycles. The first-order valence-corrected chi connectivity index (χ1v) is 7.13. The second kappa shape index (κ2) is 4.92. The second-order valence-electron chi connectivity index (χ2n) is 5.72. The zero-order chi connectivity index (χ0) is 14.3. The maximum atomic E-state index is 12.4. The van der Waals surface area contributed by atoms with E-state index in [2.05, 4.69) is 22.5 Å². The molecule has 0 radical (unpaired) electrons. The van der Waals surface area contributed by atoms with Crippen LogP contribution in [0.15, 0.2) is 17.1 Å². The van der Waals surface area contributed by atoms with Crippen LogP contribution in [-0.4, -0.2) is 42.8 Å². The first-order chi connectivity index (χ1) is 9.63. The molecule has 1 heterocycles. The summed E-state index contributed by atoms with van der Waals surface area (Å²) in [6.07, 6.45) is 5.89. The van der Waals surface area contributed by atoms with E-state index in [1.165, 1.54) is 4.90 Å². The Morgan fingerprint density at radius 2 is 1.95 bits per heavy atom. The fourth-order valence-electron chi connectivity index (χ4n) is 3.72. The highest BCUT2D eigenvalue weighted by molar-refractivity contribution is 6.06. The van der Waals surface area contributed by atoms with Gasteiger partial charge in [0.1, 0.15) is 0 Å². The molecule has 0 aromatic carbocycles. The summed E-state index contributed by atoms with van der Waals surface area (Å²) in [5.74, 6) is 0.812. The summed E-state index contributed by atoms with van der Waals surface area (Å²) in [6.45, 7) is 1.08. The molecule has 4 atom stereocenters. The van der Waals surface area contributed by atoms with Crippen LogP contribution in [0.3, 0.4) is 0 Å². The Kier molecular flexibility index (Phi) is 3.23. The monoisotopic (exact) mass is 276 g/mol. The van der Waals surface area contributed by atoms with Crippen LogP contribution >= 0.6 is 0 Å². The molecule has 108 valence electrons. The van der Waals surface area contributed by atoms with Crippen molar-refractivity contribution in [3.63, 3.8) is 0 Å². The van der Waals surface area contributed by atoms with Crippen molar-refractivity contribution >= 4 is 17.8 Å². The molecule has 0 spiro atoms. The van der Waals surface area contributed by atoms with E-state index in [0.29, 0.717) is 25.5 Å². The van der Waals surface area contributed by atoms with Gasteiger partial charge in [0, 0.05) is 20.1 Å². The second-order valence-corrected chi connectivity index (χ2v) is 5.72. The van der Waals surface area contributed by atoms with Gasteiger partial charge in [-0.1, -0.05) is 12.2 Å². The van der Waals surface area contributed by atoms with Crippen molar-refractivity contribution in [3.8, 4) is 0 Å². The largest absolute Gasteiger partial charge is 0.370 e. The number of fused-ring (bicyclic) bond motifs is 5. The number of rotatable bonds is 4. The van der Waals surface area contributed by atoms with Gasteiger partial charge in [0.15, 0.2) is 5.96 Å². The zero-order valence-electron chi connectivity index (χ0n) is 11.6. The number of carbonyl (C=O) groups excluding carboxylic acids is 2. The predicted molar refractivity (Wildman–Crippen MR) is 74.6 cm³/mol. The van der Waals surface area contributed by atoms with E-state index in [9.17, 15) is 9.59 Å². The summed E-state index contributed by atoms with van der Waals surface area (Å²) < 4.78 is 0. The predicted octanol–water partition coefficient (Wildman–Crippen LogP) is -0.282. The molecule has 2 fully saturated rings. The highest BCUT2D eigenvalue weighted by Gasteiger charge is 2.58. The van der Waals surface area contributed by atoms with Gasteiger partial charge in [-0.05, 0) is 24.7 Å². The lowest BCUT2D eigenvalue weighted by atomic mass is 9.85. The van der Waals surface area contributed by atoms with E-state index in [1.807, 2.05) is 0 Å². The van der Waals surface area contributed by atoms with E-state index in [1.54, 1.807) is 7.05 Å². The Labute approximate surface area is 118 Å². The molecule has 1 saturated heterocycles. The number of allylic oxidation sites excluding steroid dienone is 2. The molecule has 0 aromatic heterocycles. The molecule has 2 bridgehead atoms. The van der Waals surface area contributed by atoms with Crippen LogP contribution in [0.5, 0.6) is 0 Å². The first kappa shape index (κ1) is 13.1. The zero-order valence-corrected chi connectivity index (χ0v) is 11.6. The van der Waals surface area contributed by atoms with Crippen LogP contribution in [-0.2, 0) is 9.59 Å². The molecule has 3 aliphatic rings. The highest BCUT2D eigenvalue weighted by atomic mass is 16.2. The molecule has 20 heavy (non-hydrogen) atoms. The van der Waals surface area contributed by atoms with Crippen LogP contribution in [0.2, 0.25) is 0 Å². The number of guanidine groups is 1. The minimum atomic E-state index is -0.0901. The molecular formula is C14H20N4O2. The molecule has 2 aliphatic carbocycles. The van der Waals surface area contributed by atoms with Gasteiger partial charge in [-0.2, -0.15) is 0 Å². The highest BCUT2D eigenvalue weighted by Crippen LogP contribution is 2.52. The number of nitrogens with zero attached hydrogens (tertiary/aromatic N) is 2. The Bertz CT molecular complexity index is 469. The molecule has 6 heteroatoms. The number of amides is 2. The van der Waals surface area contributed by atoms with Gasteiger partial charge in [0.25, 0.3) is 0 Å². The number of nitrogens with two attached hydrogens (primary N) is 1. The van der Waals surface area contributed by atoms with Gasteiger partial charge >= 0.3 is 0 Å². The van der Waals surface area contributed by atoms with Gasteiger partial charge < -0.3 is 11.1 Å². The molecule has 4 unspecified atom stereocenters. The van der Waals surface area contributed by atoms with Crippen molar-refractivity contribution in [1.82, 2.24) is 10.2 Å². The van der Waals surface area contributed by atoms with Crippen LogP contribution in [0.1, 0.15) is 12.8 Å². The smallest absolute Gasteiger partial charge is 0.233 e. The topological polar surface area (TPSA) is 87.8 Å². The Morgan fingerprint density at radius 1 is 1.35 bits per heavy atom. The Hall–Kier alpha value is -1.85. The third-order valence-electron chi connectivity index (χ3n) is 4.67. The lowest BCUT2D eigenvalue weighted by Crippen LogP contribution is -2.37. The lowest BCUT2D eigenvalue weighted by Gasteiger charge is -2.17. The normalized spacial score (nSPS) is 35.0. The quantitative estimate of drug-likeness (QED) is 0.243. The number of aliphatic imine (C=N–C) groups is 1. The molecule has 3 rings (SSSR count). The molecule has 6 nitrogen and oxygen atoms in total. The van der Waals surface area contributed by atoms with E-state index in [-0.39, 0.29) is 35.5 Å². The Balaban J connectivity index is 1.57. The average Bonchev–Trinajstić information content (AvgIpc) is 3.11. The summed E-state index contributed by atoms with van der Waals surface area (Å²) in [6, 6.07) is 0. The minimum absolute atomic E-state index is 0.0222. The van der Waals surface area contributed by atoms with Gasteiger partial charge in [0.2, 0.25) is 11.8 Å². The minimum Gasteiger partial charge on any atom is -0.370 e. The van der Waals surface area contributed by atoms with Crippen molar-refractivity contribution < 1.29 is 9.59 Å². The number of carbonyl (C=O) groups is 2. The standard InChI is InChI=1S/C14H20N4O2/c1-16-14(15)17-5-2-6-18-12(19)10-8-3-4-9(7-8)11(10)13(18)20/h3-4,8-11H,2,5-7H2,1H3,(H3,15,16,17). The van der Waals surface area contributed by atoms with Crippen molar-refractivity contribution in [2.45, 2.75) is 12.8 Å². The van der Waals surface area contributed by atoms with E-state index in [0.717, 1.165) is 6.42 Å². The van der Waals surface area contributed by atoms with Crippen LogP contribution in [0, 0.1) is 23.7 Å². The van der Waals surface area contributed by atoms with Crippen LogP contribution in [0.4, 0.5) is 0 Å². The van der Waals surface area contributed by atoms with Crippen molar-refractivity contribution in [2.24, 2.45) is 34.4 Å².